The molecule has 1 amide bonds. The molecule has 0 aliphatic carbocycles. The fourth-order valence-corrected chi connectivity index (χ4v) is 3.55. The lowest BCUT2D eigenvalue weighted by atomic mass is 10.2. The fourth-order valence-electron chi connectivity index (χ4n) is 3.33. The summed E-state index contributed by atoms with van der Waals surface area (Å²) >= 11 is 6.02. The lowest BCUT2D eigenvalue weighted by Crippen LogP contribution is -2.28. The molecule has 8 nitrogen and oxygen atoms in total. The van der Waals surface area contributed by atoms with Crippen molar-refractivity contribution >= 4 is 28.5 Å². The molecule has 0 bridgehead atoms. The average molecular weight is 426 g/mol. The molecule has 154 valence electrons. The van der Waals surface area contributed by atoms with Crippen LogP contribution in [-0.4, -0.2) is 31.8 Å². The summed E-state index contributed by atoms with van der Waals surface area (Å²) in [6, 6.07) is 9.05. The zero-order valence-corrected chi connectivity index (χ0v) is 17.3. The highest BCUT2D eigenvalue weighted by Crippen LogP contribution is 2.14. The van der Waals surface area contributed by atoms with Crippen molar-refractivity contribution in [3.05, 3.63) is 80.9 Å². The van der Waals surface area contributed by atoms with Crippen LogP contribution in [0, 0.1) is 13.8 Å². The molecule has 9 heteroatoms. The van der Waals surface area contributed by atoms with Gasteiger partial charge in [-0.3, -0.25) is 14.2 Å². The van der Waals surface area contributed by atoms with Crippen LogP contribution in [0.15, 0.2) is 52.1 Å². The summed E-state index contributed by atoms with van der Waals surface area (Å²) in [4.78, 5) is 29.5. The van der Waals surface area contributed by atoms with Crippen LogP contribution in [0.2, 0.25) is 5.02 Å². The van der Waals surface area contributed by atoms with Crippen molar-refractivity contribution < 1.29 is 9.21 Å². The second-order valence-corrected chi connectivity index (χ2v) is 7.43. The third-order valence-corrected chi connectivity index (χ3v) is 4.99. The van der Waals surface area contributed by atoms with E-state index in [0.717, 1.165) is 5.56 Å². The maximum absolute atomic E-state index is 12.8. The smallest absolute Gasteiger partial charge is 0.264 e. The van der Waals surface area contributed by atoms with E-state index in [0.29, 0.717) is 52.8 Å². The molecular weight excluding hydrogens is 406 g/mol. The number of carbonyl (C=O) groups is 1. The van der Waals surface area contributed by atoms with Gasteiger partial charge in [0, 0.05) is 11.6 Å². The summed E-state index contributed by atoms with van der Waals surface area (Å²) < 4.78 is 8.51. The van der Waals surface area contributed by atoms with E-state index in [4.69, 9.17) is 16.0 Å². The van der Waals surface area contributed by atoms with Crippen molar-refractivity contribution in [2.45, 2.75) is 26.9 Å². The summed E-state index contributed by atoms with van der Waals surface area (Å²) in [6.45, 7) is 4.64. The summed E-state index contributed by atoms with van der Waals surface area (Å²) in [7, 11) is 0. The molecule has 3 aromatic heterocycles. The van der Waals surface area contributed by atoms with Crippen molar-refractivity contribution in [3.63, 3.8) is 0 Å². The van der Waals surface area contributed by atoms with Gasteiger partial charge in [-0.25, -0.2) is 9.67 Å². The third kappa shape index (κ3) is 3.99. The maximum Gasteiger partial charge on any atom is 0.264 e. The monoisotopic (exact) mass is 425 g/mol. The van der Waals surface area contributed by atoms with Crippen LogP contribution in [0.5, 0.6) is 0 Å². The van der Waals surface area contributed by atoms with E-state index >= 15 is 0 Å². The van der Waals surface area contributed by atoms with Crippen LogP contribution < -0.4 is 10.9 Å². The van der Waals surface area contributed by atoms with Crippen LogP contribution in [0.4, 0.5) is 0 Å². The van der Waals surface area contributed by atoms with Gasteiger partial charge in [0.1, 0.15) is 23.2 Å². The lowest BCUT2D eigenvalue weighted by molar-refractivity contribution is 0.0950. The standard InChI is InChI=1S/C21H20ClN5O3/c1-13-8-17(14(2)30-13)20(28)23-6-7-27-19-18(10-25-27)21(29)26(12-24-19)11-15-4-3-5-16(22)9-15/h3-5,8-10,12H,6-7,11H2,1-2H3,(H,23,28). The van der Waals surface area contributed by atoms with Gasteiger partial charge < -0.3 is 9.73 Å². The number of furan rings is 1. The second kappa shape index (κ2) is 8.16. The highest BCUT2D eigenvalue weighted by molar-refractivity contribution is 6.30. The van der Waals surface area contributed by atoms with E-state index in [9.17, 15) is 9.59 Å². The Kier molecular flexibility index (Phi) is 5.41. The highest BCUT2D eigenvalue weighted by Gasteiger charge is 2.14. The molecule has 4 rings (SSSR count). The molecule has 4 aromatic rings. The average Bonchev–Trinajstić information content (AvgIpc) is 3.27. The molecule has 0 saturated heterocycles. The minimum atomic E-state index is -0.211. The Labute approximate surface area is 177 Å². The Morgan fingerprint density at radius 1 is 1.27 bits per heavy atom. The van der Waals surface area contributed by atoms with Gasteiger partial charge in [0.05, 0.1) is 24.8 Å². The molecule has 1 aromatic carbocycles. The van der Waals surface area contributed by atoms with Gasteiger partial charge in [-0.05, 0) is 37.6 Å². The first-order chi connectivity index (χ1) is 14.4. The summed E-state index contributed by atoms with van der Waals surface area (Å²) in [5, 5.41) is 8.14. The molecule has 0 fully saturated rings. The van der Waals surface area contributed by atoms with Gasteiger partial charge in [-0.15, -0.1) is 0 Å². The molecule has 30 heavy (non-hydrogen) atoms. The van der Waals surface area contributed by atoms with Gasteiger partial charge in [0.25, 0.3) is 11.5 Å². The van der Waals surface area contributed by atoms with E-state index in [1.165, 1.54) is 17.1 Å². The number of amides is 1. The van der Waals surface area contributed by atoms with Crippen molar-refractivity contribution in [1.29, 1.82) is 0 Å². The van der Waals surface area contributed by atoms with E-state index in [1.54, 1.807) is 30.7 Å². The Morgan fingerprint density at radius 2 is 2.10 bits per heavy atom. The van der Waals surface area contributed by atoms with Crippen LogP contribution in [0.3, 0.4) is 0 Å². The number of hydrogen-bond acceptors (Lipinski definition) is 5. The van der Waals surface area contributed by atoms with E-state index < -0.39 is 0 Å². The summed E-state index contributed by atoms with van der Waals surface area (Å²) in [5.41, 5.74) is 1.72. The van der Waals surface area contributed by atoms with Gasteiger partial charge in [-0.2, -0.15) is 5.10 Å². The zero-order chi connectivity index (χ0) is 21.3. The van der Waals surface area contributed by atoms with Crippen molar-refractivity contribution in [2.75, 3.05) is 6.54 Å². The molecule has 3 heterocycles. The van der Waals surface area contributed by atoms with Crippen molar-refractivity contribution in [1.82, 2.24) is 24.6 Å². The molecule has 0 aliphatic heterocycles. The molecule has 0 spiro atoms. The number of rotatable bonds is 6. The van der Waals surface area contributed by atoms with E-state index in [-0.39, 0.29) is 11.5 Å². The number of nitrogens with one attached hydrogen (secondary N) is 1. The first kappa shape index (κ1) is 19.9. The Morgan fingerprint density at radius 3 is 2.83 bits per heavy atom. The molecule has 0 saturated carbocycles. The van der Waals surface area contributed by atoms with Crippen LogP contribution >= 0.6 is 11.6 Å². The first-order valence-electron chi connectivity index (χ1n) is 9.43. The maximum atomic E-state index is 12.8. The third-order valence-electron chi connectivity index (χ3n) is 4.76. The van der Waals surface area contributed by atoms with Crippen LogP contribution in [0.1, 0.15) is 27.4 Å². The van der Waals surface area contributed by atoms with Gasteiger partial charge >= 0.3 is 0 Å². The second-order valence-electron chi connectivity index (χ2n) is 7.00. The molecule has 0 radical (unpaired) electrons. The first-order valence-corrected chi connectivity index (χ1v) is 9.81. The largest absolute Gasteiger partial charge is 0.466 e. The van der Waals surface area contributed by atoms with E-state index in [1.807, 2.05) is 18.2 Å². The topological polar surface area (TPSA) is 95.0 Å². The molecule has 0 unspecified atom stereocenters. The molecule has 0 aliphatic rings. The number of carbonyl (C=O) groups excluding carboxylic acids is 1. The normalized spacial score (nSPS) is 11.2. The molecular formula is C21H20ClN5O3. The molecule has 1 N–H and O–H groups in total. The highest BCUT2D eigenvalue weighted by atomic mass is 35.5. The van der Waals surface area contributed by atoms with Gasteiger partial charge in [0.15, 0.2) is 5.65 Å². The quantitative estimate of drug-likeness (QED) is 0.512. The van der Waals surface area contributed by atoms with Crippen molar-refractivity contribution in [3.8, 4) is 0 Å². The Balaban J connectivity index is 1.47. The Bertz CT molecular complexity index is 1290. The van der Waals surface area contributed by atoms with Crippen LogP contribution in [-0.2, 0) is 13.1 Å². The minimum absolute atomic E-state index is 0.181. The molecule has 0 atom stereocenters. The number of aromatic nitrogens is 4. The Hall–Kier alpha value is -3.39. The van der Waals surface area contributed by atoms with E-state index in [2.05, 4.69) is 15.4 Å². The fraction of sp³-hybridized carbons (Fsp3) is 0.238. The summed E-state index contributed by atoms with van der Waals surface area (Å²) in [5.74, 6) is 1.06. The number of hydrogen-bond donors (Lipinski definition) is 1. The number of nitrogens with zero attached hydrogens (tertiary/aromatic N) is 4. The number of halogens is 1. The number of benzene rings is 1. The predicted octanol–water partition coefficient (Wildman–Crippen LogP) is 2.93. The van der Waals surface area contributed by atoms with Crippen molar-refractivity contribution in [2.24, 2.45) is 0 Å². The van der Waals surface area contributed by atoms with Crippen LogP contribution in [0.25, 0.3) is 11.0 Å². The number of fused-ring (bicyclic) bond motifs is 1. The van der Waals surface area contributed by atoms with Gasteiger partial charge in [0.2, 0.25) is 0 Å². The number of aryl methyl sites for hydroxylation is 2. The predicted molar refractivity (Wildman–Crippen MR) is 113 cm³/mol. The lowest BCUT2D eigenvalue weighted by Gasteiger charge is -2.07. The van der Waals surface area contributed by atoms with Gasteiger partial charge in [-0.1, -0.05) is 23.7 Å². The SMILES string of the molecule is Cc1cc(C(=O)NCCn2ncc3c(=O)n(Cc4cccc(Cl)c4)cnc32)c(C)o1. The zero-order valence-electron chi connectivity index (χ0n) is 16.6. The minimum Gasteiger partial charge on any atom is -0.466 e. The summed E-state index contributed by atoms with van der Waals surface area (Å²) in [6.07, 6.45) is 3.00.